The quantitative estimate of drug-likeness (QED) is 0.352. The van der Waals surface area contributed by atoms with Gasteiger partial charge >= 0.3 is 5.97 Å². The van der Waals surface area contributed by atoms with Gasteiger partial charge in [0, 0.05) is 5.69 Å². The average Bonchev–Trinajstić information content (AvgIpc) is 2.82. The number of hydrogen-bond donors (Lipinski definition) is 1. The van der Waals surface area contributed by atoms with Crippen molar-refractivity contribution in [1.29, 1.82) is 5.26 Å². The molecule has 0 radical (unpaired) electrons. The van der Waals surface area contributed by atoms with Crippen LogP contribution in [0.4, 0.5) is 5.69 Å². The highest BCUT2D eigenvalue weighted by Crippen LogP contribution is 2.21. The Morgan fingerprint density at radius 3 is 2.19 bits per heavy atom. The first kappa shape index (κ1) is 21.3. The number of benzene rings is 3. The molecule has 0 spiro atoms. The number of amides is 1. The summed E-state index contributed by atoms with van der Waals surface area (Å²) in [5.41, 5.74) is 3.10. The van der Waals surface area contributed by atoms with Crippen LogP contribution in [0.25, 0.3) is 17.2 Å². The van der Waals surface area contributed by atoms with Gasteiger partial charge in [0.2, 0.25) is 0 Å². The van der Waals surface area contributed by atoms with E-state index in [1.807, 2.05) is 42.5 Å². The number of carbonyl (C=O) groups is 2. The Balaban J connectivity index is 1.55. The van der Waals surface area contributed by atoms with E-state index in [0.717, 1.165) is 11.1 Å². The molecular formula is C25H20N2O4. The summed E-state index contributed by atoms with van der Waals surface area (Å²) in [6.45, 7) is -0.499. The predicted octanol–water partition coefficient (Wildman–Crippen LogP) is 4.45. The number of nitrogens with one attached hydrogen (secondary N) is 1. The number of anilines is 1. The molecule has 0 aromatic heterocycles. The predicted molar refractivity (Wildman–Crippen MR) is 118 cm³/mol. The van der Waals surface area contributed by atoms with Crippen molar-refractivity contribution in [3.05, 3.63) is 90.0 Å². The molecule has 0 aliphatic heterocycles. The fourth-order valence-electron chi connectivity index (χ4n) is 2.79. The first-order valence-corrected chi connectivity index (χ1v) is 9.47. The highest BCUT2D eigenvalue weighted by Gasteiger charge is 2.13. The Morgan fingerprint density at radius 1 is 0.935 bits per heavy atom. The summed E-state index contributed by atoms with van der Waals surface area (Å²) < 4.78 is 10.0. The van der Waals surface area contributed by atoms with E-state index in [4.69, 9.17) is 9.47 Å². The van der Waals surface area contributed by atoms with E-state index in [-0.39, 0.29) is 5.57 Å². The van der Waals surface area contributed by atoms with Crippen molar-refractivity contribution in [1.82, 2.24) is 0 Å². The first-order chi connectivity index (χ1) is 15.1. The van der Waals surface area contributed by atoms with Crippen LogP contribution in [0.3, 0.4) is 0 Å². The van der Waals surface area contributed by atoms with E-state index < -0.39 is 18.5 Å². The summed E-state index contributed by atoms with van der Waals surface area (Å²) in [5.74, 6) is -0.706. The molecule has 0 bridgehead atoms. The second-order valence-corrected chi connectivity index (χ2v) is 6.51. The molecule has 0 heterocycles. The maximum absolute atomic E-state index is 12.1. The maximum atomic E-state index is 12.1. The molecule has 154 valence electrons. The molecule has 1 amide bonds. The normalized spacial score (nSPS) is 10.6. The van der Waals surface area contributed by atoms with E-state index in [1.165, 1.54) is 6.08 Å². The lowest BCUT2D eigenvalue weighted by molar-refractivity contribution is -0.142. The average molecular weight is 412 g/mol. The molecule has 0 atom stereocenters. The van der Waals surface area contributed by atoms with Gasteiger partial charge in [-0.3, -0.25) is 4.79 Å². The zero-order valence-electron chi connectivity index (χ0n) is 16.9. The van der Waals surface area contributed by atoms with Gasteiger partial charge in [0.05, 0.1) is 7.11 Å². The number of ether oxygens (including phenoxy) is 2. The van der Waals surface area contributed by atoms with Gasteiger partial charge in [-0.05, 0) is 47.0 Å². The Bertz CT molecular complexity index is 1110. The van der Waals surface area contributed by atoms with Crippen LogP contribution in [0.2, 0.25) is 0 Å². The fourth-order valence-corrected chi connectivity index (χ4v) is 2.79. The van der Waals surface area contributed by atoms with Gasteiger partial charge in [-0.15, -0.1) is 0 Å². The van der Waals surface area contributed by atoms with E-state index in [1.54, 1.807) is 49.6 Å². The van der Waals surface area contributed by atoms with Crippen LogP contribution >= 0.6 is 0 Å². The van der Waals surface area contributed by atoms with Crippen LogP contribution in [-0.2, 0) is 14.3 Å². The minimum atomic E-state index is -0.868. The number of rotatable bonds is 7. The molecule has 0 aliphatic rings. The van der Waals surface area contributed by atoms with Crippen LogP contribution in [0.1, 0.15) is 5.56 Å². The molecule has 3 aromatic rings. The van der Waals surface area contributed by atoms with E-state index in [0.29, 0.717) is 17.0 Å². The van der Waals surface area contributed by atoms with Crippen LogP contribution in [0.15, 0.2) is 84.4 Å². The van der Waals surface area contributed by atoms with Crippen molar-refractivity contribution >= 4 is 23.6 Å². The smallest absolute Gasteiger partial charge is 0.349 e. The minimum Gasteiger partial charge on any atom is -0.497 e. The second kappa shape index (κ2) is 10.4. The summed E-state index contributed by atoms with van der Waals surface area (Å²) in [4.78, 5) is 24.2. The molecule has 0 saturated carbocycles. The van der Waals surface area contributed by atoms with E-state index >= 15 is 0 Å². The summed E-state index contributed by atoms with van der Waals surface area (Å²) >= 11 is 0. The Kier molecular flexibility index (Phi) is 7.17. The molecule has 0 aliphatic carbocycles. The molecule has 31 heavy (non-hydrogen) atoms. The lowest BCUT2D eigenvalue weighted by Crippen LogP contribution is -2.21. The van der Waals surface area contributed by atoms with Gasteiger partial charge in [-0.25, -0.2) is 4.79 Å². The van der Waals surface area contributed by atoms with Crippen LogP contribution in [-0.4, -0.2) is 25.6 Å². The number of methoxy groups -OCH3 is 1. The van der Waals surface area contributed by atoms with Crippen molar-refractivity contribution in [2.45, 2.75) is 0 Å². The largest absolute Gasteiger partial charge is 0.497 e. The molecule has 6 nitrogen and oxygen atoms in total. The highest BCUT2D eigenvalue weighted by atomic mass is 16.5. The van der Waals surface area contributed by atoms with E-state index in [2.05, 4.69) is 5.32 Å². The van der Waals surface area contributed by atoms with Gasteiger partial charge in [0.15, 0.2) is 6.61 Å². The summed E-state index contributed by atoms with van der Waals surface area (Å²) in [7, 11) is 1.55. The number of esters is 1. The van der Waals surface area contributed by atoms with Crippen molar-refractivity contribution in [2.75, 3.05) is 19.0 Å². The standard InChI is InChI=1S/C25H20N2O4/c1-30-23-13-7-18(8-14-23)15-21(16-26)25(29)31-17-24(28)27-22-11-9-20(10-12-22)19-5-3-2-4-6-19/h2-15H,17H2,1H3,(H,27,28)/b21-15+. The van der Waals surface area contributed by atoms with Crippen LogP contribution < -0.4 is 10.1 Å². The lowest BCUT2D eigenvalue weighted by Gasteiger charge is -2.08. The highest BCUT2D eigenvalue weighted by molar-refractivity contribution is 6.00. The molecule has 6 heteroatoms. The molecule has 0 saturated heterocycles. The molecule has 1 N–H and O–H groups in total. The molecular weight excluding hydrogens is 392 g/mol. The molecule has 3 aromatic carbocycles. The fraction of sp³-hybridized carbons (Fsp3) is 0.0800. The number of carbonyl (C=O) groups excluding carboxylic acids is 2. The van der Waals surface area contributed by atoms with Crippen molar-refractivity contribution in [3.8, 4) is 22.9 Å². The van der Waals surface area contributed by atoms with Gasteiger partial charge in [0.1, 0.15) is 17.4 Å². The Hall–Kier alpha value is -4.37. The molecule has 0 fully saturated rings. The Morgan fingerprint density at radius 2 is 1.58 bits per heavy atom. The maximum Gasteiger partial charge on any atom is 0.349 e. The van der Waals surface area contributed by atoms with Gasteiger partial charge in [-0.1, -0.05) is 54.6 Å². The van der Waals surface area contributed by atoms with Crippen molar-refractivity contribution < 1.29 is 19.1 Å². The summed E-state index contributed by atoms with van der Waals surface area (Å²) in [6, 6.07) is 25.8. The SMILES string of the molecule is COc1ccc(/C=C(\C#N)C(=O)OCC(=O)Nc2ccc(-c3ccccc3)cc2)cc1. The molecule has 0 unspecified atom stereocenters. The van der Waals surface area contributed by atoms with Crippen LogP contribution in [0.5, 0.6) is 5.75 Å². The second-order valence-electron chi connectivity index (χ2n) is 6.51. The zero-order chi connectivity index (χ0) is 22.1. The number of hydrogen-bond acceptors (Lipinski definition) is 5. The lowest BCUT2D eigenvalue weighted by atomic mass is 10.1. The molecule has 3 rings (SSSR count). The van der Waals surface area contributed by atoms with Gasteiger partial charge < -0.3 is 14.8 Å². The summed E-state index contributed by atoms with van der Waals surface area (Å²) in [5, 5.41) is 11.9. The van der Waals surface area contributed by atoms with Crippen molar-refractivity contribution in [2.24, 2.45) is 0 Å². The third-order valence-corrected chi connectivity index (χ3v) is 4.38. The van der Waals surface area contributed by atoms with E-state index in [9.17, 15) is 14.9 Å². The third kappa shape index (κ3) is 6.05. The summed E-state index contributed by atoms with van der Waals surface area (Å²) in [6.07, 6.45) is 1.39. The Labute approximate surface area is 180 Å². The van der Waals surface area contributed by atoms with Crippen LogP contribution in [0, 0.1) is 11.3 Å². The van der Waals surface area contributed by atoms with Crippen molar-refractivity contribution in [3.63, 3.8) is 0 Å². The number of nitriles is 1. The van der Waals surface area contributed by atoms with Gasteiger partial charge in [-0.2, -0.15) is 5.26 Å². The number of nitrogens with zero attached hydrogens (tertiary/aromatic N) is 1. The minimum absolute atomic E-state index is 0.204. The first-order valence-electron chi connectivity index (χ1n) is 9.47. The zero-order valence-corrected chi connectivity index (χ0v) is 16.9. The van der Waals surface area contributed by atoms with Gasteiger partial charge in [0.25, 0.3) is 5.91 Å². The monoisotopic (exact) mass is 412 g/mol. The third-order valence-electron chi connectivity index (χ3n) is 4.38. The topological polar surface area (TPSA) is 88.4 Å².